The van der Waals surface area contributed by atoms with Gasteiger partial charge in [-0.25, -0.2) is 0 Å². The highest BCUT2D eigenvalue weighted by molar-refractivity contribution is 5.12. The second-order valence-corrected chi connectivity index (χ2v) is 2.57. The summed E-state index contributed by atoms with van der Waals surface area (Å²) in [5.74, 6) is 2.55. The van der Waals surface area contributed by atoms with Gasteiger partial charge in [0.25, 0.3) is 0 Å². The fourth-order valence-electron chi connectivity index (χ4n) is 0.791. The average Bonchev–Trinajstić information content (AvgIpc) is 2.00. The fourth-order valence-corrected chi connectivity index (χ4v) is 0.791. The van der Waals surface area contributed by atoms with Gasteiger partial charge in [0.2, 0.25) is 0 Å². The molecule has 0 spiro atoms. The Balaban J connectivity index is 3.53. The minimum atomic E-state index is 0.136. The van der Waals surface area contributed by atoms with E-state index in [2.05, 4.69) is 19.1 Å². The number of terminal acetylenes is 1. The first-order valence-corrected chi connectivity index (χ1v) is 3.70. The second kappa shape index (κ2) is 5.76. The summed E-state index contributed by atoms with van der Waals surface area (Å²) in [6.07, 6.45) is 9.23. The highest BCUT2D eigenvalue weighted by Gasteiger charge is 2.00. The molecule has 0 saturated carbocycles. The molecule has 2 N–H and O–H groups in total. The van der Waals surface area contributed by atoms with Crippen molar-refractivity contribution < 1.29 is 0 Å². The number of nitrogens with two attached hydrogens (primary N) is 1. The van der Waals surface area contributed by atoms with E-state index in [1.54, 1.807) is 6.08 Å². The molecule has 0 aromatic heterocycles. The zero-order valence-electron chi connectivity index (χ0n) is 6.84. The number of hydrogen-bond acceptors (Lipinski definition) is 1. The lowest BCUT2D eigenvalue weighted by molar-refractivity contribution is 0.626. The maximum atomic E-state index is 5.73. The normalized spacial score (nSPS) is 11.6. The van der Waals surface area contributed by atoms with E-state index < -0.39 is 0 Å². The van der Waals surface area contributed by atoms with Gasteiger partial charge in [-0.1, -0.05) is 24.8 Å². The van der Waals surface area contributed by atoms with Crippen LogP contribution in [0.5, 0.6) is 0 Å². The monoisotopic (exact) mass is 149 g/mol. The molecule has 0 saturated heterocycles. The van der Waals surface area contributed by atoms with Gasteiger partial charge in [0.05, 0.1) is 0 Å². The SMILES string of the molecule is C#CCCC(N)CC(=C)C=C. The van der Waals surface area contributed by atoms with Gasteiger partial charge >= 0.3 is 0 Å². The molecule has 0 aliphatic carbocycles. The van der Waals surface area contributed by atoms with Crippen LogP contribution in [0.15, 0.2) is 24.8 Å². The molecule has 0 radical (unpaired) electrons. The van der Waals surface area contributed by atoms with Gasteiger partial charge in [-0.2, -0.15) is 0 Å². The molecule has 1 nitrogen and oxygen atoms in total. The molecular formula is C10H15N. The van der Waals surface area contributed by atoms with Gasteiger partial charge in [0.15, 0.2) is 0 Å². The van der Waals surface area contributed by atoms with Crippen molar-refractivity contribution >= 4 is 0 Å². The topological polar surface area (TPSA) is 26.0 Å². The van der Waals surface area contributed by atoms with Crippen molar-refractivity contribution in [3.05, 3.63) is 24.8 Å². The first-order chi connectivity index (χ1) is 5.20. The molecular weight excluding hydrogens is 134 g/mol. The van der Waals surface area contributed by atoms with Gasteiger partial charge in [-0.15, -0.1) is 12.3 Å². The Morgan fingerprint density at radius 2 is 2.36 bits per heavy atom. The van der Waals surface area contributed by atoms with Crippen molar-refractivity contribution in [3.63, 3.8) is 0 Å². The third-order valence-corrected chi connectivity index (χ3v) is 1.47. The largest absolute Gasteiger partial charge is 0.327 e. The van der Waals surface area contributed by atoms with E-state index in [0.717, 1.165) is 24.8 Å². The number of hydrogen-bond donors (Lipinski definition) is 1. The molecule has 0 aromatic carbocycles. The predicted molar refractivity (Wildman–Crippen MR) is 50.0 cm³/mol. The summed E-state index contributed by atoms with van der Waals surface area (Å²) in [4.78, 5) is 0. The molecule has 60 valence electrons. The lowest BCUT2D eigenvalue weighted by atomic mass is 10.0. The molecule has 0 aliphatic rings. The Hall–Kier alpha value is -1.00. The highest BCUT2D eigenvalue weighted by atomic mass is 14.6. The van der Waals surface area contributed by atoms with Crippen molar-refractivity contribution in [1.29, 1.82) is 0 Å². The molecule has 0 amide bonds. The Kier molecular flexibility index (Phi) is 5.24. The van der Waals surface area contributed by atoms with Crippen LogP contribution in [0, 0.1) is 12.3 Å². The fraction of sp³-hybridized carbons (Fsp3) is 0.400. The lowest BCUT2D eigenvalue weighted by Crippen LogP contribution is -2.19. The van der Waals surface area contributed by atoms with E-state index in [9.17, 15) is 0 Å². The van der Waals surface area contributed by atoms with Crippen LogP contribution < -0.4 is 5.73 Å². The molecule has 1 atom stereocenters. The minimum absolute atomic E-state index is 0.136. The molecule has 0 fully saturated rings. The summed E-state index contributed by atoms with van der Waals surface area (Å²) in [7, 11) is 0. The summed E-state index contributed by atoms with van der Waals surface area (Å²) in [5, 5.41) is 0. The first-order valence-electron chi connectivity index (χ1n) is 3.70. The van der Waals surface area contributed by atoms with E-state index in [1.165, 1.54) is 0 Å². The number of rotatable bonds is 5. The van der Waals surface area contributed by atoms with Crippen molar-refractivity contribution in [2.24, 2.45) is 5.73 Å². The summed E-state index contributed by atoms with van der Waals surface area (Å²) in [6, 6.07) is 0.136. The molecule has 0 rings (SSSR count). The molecule has 11 heavy (non-hydrogen) atoms. The van der Waals surface area contributed by atoms with Crippen molar-refractivity contribution in [2.45, 2.75) is 25.3 Å². The lowest BCUT2D eigenvalue weighted by Gasteiger charge is -2.08. The van der Waals surface area contributed by atoms with Gasteiger partial charge in [-0.3, -0.25) is 0 Å². The summed E-state index contributed by atoms with van der Waals surface area (Å²) >= 11 is 0. The second-order valence-electron chi connectivity index (χ2n) is 2.57. The zero-order valence-corrected chi connectivity index (χ0v) is 6.84. The molecule has 1 unspecified atom stereocenters. The Morgan fingerprint density at radius 1 is 1.73 bits per heavy atom. The highest BCUT2D eigenvalue weighted by Crippen LogP contribution is 2.06. The van der Waals surface area contributed by atoms with Crippen LogP contribution in [0.2, 0.25) is 0 Å². The Labute approximate surface area is 69.0 Å². The first kappa shape index (κ1) is 10.0. The quantitative estimate of drug-likeness (QED) is 0.468. The van der Waals surface area contributed by atoms with Crippen molar-refractivity contribution in [1.82, 2.24) is 0 Å². The van der Waals surface area contributed by atoms with Crippen LogP contribution in [0.1, 0.15) is 19.3 Å². The maximum Gasteiger partial charge on any atom is 0.0101 e. The third kappa shape index (κ3) is 5.44. The maximum absolute atomic E-state index is 5.73. The van der Waals surface area contributed by atoms with Crippen LogP contribution in [0.4, 0.5) is 0 Å². The van der Waals surface area contributed by atoms with E-state index in [1.807, 2.05) is 0 Å². The average molecular weight is 149 g/mol. The minimum Gasteiger partial charge on any atom is -0.327 e. The molecule has 0 aromatic rings. The Bertz CT molecular complexity index is 174. The molecule has 1 heteroatoms. The third-order valence-electron chi connectivity index (χ3n) is 1.47. The van der Waals surface area contributed by atoms with Crippen LogP contribution in [0.25, 0.3) is 0 Å². The van der Waals surface area contributed by atoms with Gasteiger partial charge in [0, 0.05) is 12.5 Å². The van der Waals surface area contributed by atoms with Gasteiger partial charge < -0.3 is 5.73 Å². The van der Waals surface area contributed by atoms with E-state index >= 15 is 0 Å². The van der Waals surface area contributed by atoms with Crippen molar-refractivity contribution in [3.8, 4) is 12.3 Å². The smallest absolute Gasteiger partial charge is 0.0101 e. The van der Waals surface area contributed by atoms with E-state index in [-0.39, 0.29) is 6.04 Å². The molecule has 0 heterocycles. The van der Waals surface area contributed by atoms with E-state index in [4.69, 9.17) is 12.2 Å². The standard InChI is InChI=1S/C10H15N/c1-4-6-7-10(11)8-9(3)5-2/h1,5,10H,2-3,6-8,11H2. The Morgan fingerprint density at radius 3 is 2.82 bits per heavy atom. The summed E-state index contributed by atoms with van der Waals surface area (Å²) in [5.41, 5.74) is 6.71. The van der Waals surface area contributed by atoms with Crippen LogP contribution in [-0.4, -0.2) is 6.04 Å². The van der Waals surface area contributed by atoms with Crippen LogP contribution in [-0.2, 0) is 0 Å². The van der Waals surface area contributed by atoms with Gasteiger partial charge in [-0.05, 0) is 12.8 Å². The summed E-state index contributed by atoms with van der Waals surface area (Å²) < 4.78 is 0. The van der Waals surface area contributed by atoms with Crippen LogP contribution >= 0.6 is 0 Å². The molecule has 0 bridgehead atoms. The predicted octanol–water partition coefficient (Wildman–Crippen LogP) is 1.86. The molecule has 0 aliphatic heterocycles. The number of allylic oxidation sites excluding steroid dienone is 1. The zero-order chi connectivity index (χ0) is 8.69. The van der Waals surface area contributed by atoms with Gasteiger partial charge in [0.1, 0.15) is 0 Å². The van der Waals surface area contributed by atoms with Crippen molar-refractivity contribution in [2.75, 3.05) is 0 Å². The van der Waals surface area contributed by atoms with Crippen LogP contribution in [0.3, 0.4) is 0 Å². The summed E-state index contributed by atoms with van der Waals surface area (Å²) in [6.45, 7) is 7.37. The van der Waals surface area contributed by atoms with E-state index in [0.29, 0.717) is 0 Å².